The van der Waals surface area contributed by atoms with Crippen molar-refractivity contribution in [2.45, 2.75) is 17.2 Å². The fourth-order valence-electron chi connectivity index (χ4n) is 3.16. The average molecular weight is 556 g/mol. The monoisotopic (exact) mass is 555 g/mol. The maximum atomic E-state index is 13.2. The Balaban J connectivity index is 1.69. The molecular weight excluding hydrogens is 544 g/mol. The van der Waals surface area contributed by atoms with E-state index in [2.05, 4.69) is 14.6 Å². The predicted octanol–water partition coefficient (Wildman–Crippen LogP) is 5.26. The summed E-state index contributed by atoms with van der Waals surface area (Å²) in [6, 6.07) is 9.92. The fourth-order valence-corrected chi connectivity index (χ4v) is 5.49. The van der Waals surface area contributed by atoms with Crippen LogP contribution in [0.3, 0.4) is 0 Å². The molecule has 0 saturated carbocycles. The van der Waals surface area contributed by atoms with Gasteiger partial charge in [0.25, 0.3) is 10.0 Å². The van der Waals surface area contributed by atoms with Crippen molar-refractivity contribution in [3.8, 4) is 5.69 Å². The minimum atomic E-state index is -5.24. The molecule has 1 aliphatic rings. The summed E-state index contributed by atoms with van der Waals surface area (Å²) < 4.78 is 109. The normalized spacial score (nSPS) is 16.3. The largest absolute Gasteiger partial charge is 0.452 e. The van der Waals surface area contributed by atoms with E-state index < -0.39 is 44.6 Å². The molecule has 0 spiro atoms. The van der Waals surface area contributed by atoms with Crippen LogP contribution >= 0.6 is 23.4 Å². The number of aromatic nitrogens is 3. The lowest BCUT2D eigenvalue weighted by atomic mass is 10.3. The molecule has 2 aromatic carbocycles. The van der Waals surface area contributed by atoms with Crippen LogP contribution in [-0.2, 0) is 22.4 Å². The van der Waals surface area contributed by atoms with Crippen LogP contribution in [-0.4, -0.2) is 40.6 Å². The quantitative estimate of drug-likeness (QED) is 0.409. The van der Waals surface area contributed by atoms with E-state index in [1.165, 1.54) is 11.8 Å². The Hall–Kier alpha value is -2.78. The van der Waals surface area contributed by atoms with Crippen molar-refractivity contribution in [3.05, 3.63) is 65.2 Å². The number of benzene rings is 2. The molecule has 35 heavy (non-hydrogen) atoms. The van der Waals surface area contributed by atoms with Gasteiger partial charge < -0.3 is 4.90 Å². The third kappa shape index (κ3) is 5.26. The highest BCUT2D eigenvalue weighted by atomic mass is 35.5. The number of sulfonamides is 1. The highest BCUT2D eigenvalue weighted by molar-refractivity contribution is 8.15. The second-order valence-corrected chi connectivity index (χ2v) is 10.1. The molecule has 7 nitrogen and oxygen atoms in total. The van der Waals surface area contributed by atoms with Crippen LogP contribution in [0.25, 0.3) is 5.69 Å². The van der Waals surface area contributed by atoms with Gasteiger partial charge >= 0.3 is 12.4 Å². The fraction of sp³-hybridized carbons (Fsp3) is 0.211. The number of anilines is 1. The zero-order valence-corrected chi connectivity index (χ0v) is 19.4. The van der Waals surface area contributed by atoms with Gasteiger partial charge in [-0.3, -0.25) is 4.57 Å². The second kappa shape index (κ2) is 9.02. The summed E-state index contributed by atoms with van der Waals surface area (Å²) in [6.45, 7) is 0.466. The van der Waals surface area contributed by atoms with Crippen LogP contribution in [0.15, 0.2) is 57.8 Å². The smallest absolute Gasteiger partial charge is 0.319 e. The number of nitrogens with zero attached hydrogens (tertiary/aromatic N) is 5. The molecule has 186 valence electrons. The van der Waals surface area contributed by atoms with Crippen molar-refractivity contribution in [2.75, 3.05) is 17.2 Å². The van der Waals surface area contributed by atoms with Gasteiger partial charge in [0.1, 0.15) is 0 Å². The number of hydrogen-bond donors (Lipinski definition) is 0. The molecule has 4 rings (SSSR count). The topological polar surface area (TPSA) is 80.5 Å². The van der Waals surface area contributed by atoms with Gasteiger partial charge in [0.2, 0.25) is 11.6 Å². The first kappa shape index (κ1) is 25.3. The van der Waals surface area contributed by atoms with Crippen LogP contribution in [0.5, 0.6) is 0 Å². The zero-order valence-electron chi connectivity index (χ0n) is 17.0. The standard InChI is InChI=1S/C19H12ClF6N5O2S2/c20-11-1-3-12(4-2-11)30-9-10-34-17(30)29-35(32,33)14-7-5-13(6-8-14)31-15(18(21,22)23)27-28-16(31)19(24,25)26/h1-8H,9-10H2/b29-17+. The number of halogens is 7. The summed E-state index contributed by atoms with van der Waals surface area (Å²) in [5.74, 6) is -3.26. The van der Waals surface area contributed by atoms with Crippen molar-refractivity contribution < 1.29 is 34.8 Å². The minimum absolute atomic E-state index is 0.161. The van der Waals surface area contributed by atoms with Crippen LogP contribution in [0.2, 0.25) is 5.02 Å². The van der Waals surface area contributed by atoms with Crippen molar-refractivity contribution in [3.63, 3.8) is 0 Å². The average Bonchev–Trinajstić information content (AvgIpc) is 3.41. The van der Waals surface area contributed by atoms with E-state index in [4.69, 9.17) is 11.6 Å². The van der Waals surface area contributed by atoms with Gasteiger partial charge in [-0.2, -0.15) is 34.8 Å². The summed E-state index contributed by atoms with van der Waals surface area (Å²) in [6.07, 6.45) is -10.5. The lowest BCUT2D eigenvalue weighted by molar-refractivity contribution is -0.153. The van der Waals surface area contributed by atoms with Crippen molar-refractivity contribution in [1.29, 1.82) is 0 Å². The Labute approximate surface area is 203 Å². The molecule has 0 radical (unpaired) electrons. The van der Waals surface area contributed by atoms with E-state index in [0.29, 0.717) is 23.0 Å². The zero-order chi connectivity index (χ0) is 25.6. The predicted molar refractivity (Wildman–Crippen MR) is 117 cm³/mol. The molecule has 2 heterocycles. The van der Waals surface area contributed by atoms with Gasteiger partial charge in [0.05, 0.1) is 4.90 Å². The van der Waals surface area contributed by atoms with Crippen LogP contribution in [0.1, 0.15) is 11.6 Å². The third-order valence-corrected chi connectivity index (χ3v) is 7.28. The van der Waals surface area contributed by atoms with Gasteiger partial charge in [0.15, 0.2) is 5.17 Å². The van der Waals surface area contributed by atoms with Crippen molar-refractivity contribution in [1.82, 2.24) is 14.8 Å². The Morgan fingerprint density at radius 2 is 1.37 bits per heavy atom. The summed E-state index contributed by atoms with van der Waals surface area (Å²) >= 11 is 7.05. The Morgan fingerprint density at radius 3 is 1.89 bits per heavy atom. The van der Waals surface area contributed by atoms with Crippen molar-refractivity contribution in [2.24, 2.45) is 4.40 Å². The highest BCUT2D eigenvalue weighted by Crippen LogP contribution is 2.36. The maximum Gasteiger partial charge on any atom is 0.452 e. The molecule has 0 bridgehead atoms. The first-order valence-electron chi connectivity index (χ1n) is 9.48. The Bertz CT molecular complexity index is 1340. The molecule has 1 aliphatic heterocycles. The molecule has 0 amide bonds. The maximum absolute atomic E-state index is 13.2. The number of alkyl halides is 6. The van der Waals surface area contributed by atoms with E-state index in [-0.39, 0.29) is 9.73 Å². The molecule has 0 unspecified atom stereocenters. The molecule has 1 aromatic heterocycles. The molecule has 1 fully saturated rings. The first-order valence-corrected chi connectivity index (χ1v) is 12.3. The first-order chi connectivity index (χ1) is 16.3. The SMILES string of the molecule is O=S(=O)(/N=C1/SCCN1c1ccc(Cl)cc1)c1ccc(-n2c(C(F)(F)F)nnc2C(F)(F)F)cc1. The summed E-state index contributed by atoms with van der Waals surface area (Å²) in [5.41, 5.74) is 0.0231. The second-order valence-electron chi connectivity index (χ2n) is 7.00. The summed E-state index contributed by atoms with van der Waals surface area (Å²) in [7, 11) is -4.34. The molecule has 0 N–H and O–H groups in total. The van der Waals surface area contributed by atoms with E-state index in [1.807, 2.05) is 0 Å². The Kier molecular flexibility index (Phi) is 6.53. The molecule has 3 aromatic rings. The molecule has 1 saturated heterocycles. The van der Waals surface area contributed by atoms with Gasteiger partial charge in [0, 0.05) is 28.7 Å². The van der Waals surface area contributed by atoms with Gasteiger partial charge in [-0.05, 0) is 48.5 Å². The lowest BCUT2D eigenvalue weighted by Gasteiger charge is -2.18. The lowest BCUT2D eigenvalue weighted by Crippen LogP contribution is -2.24. The van der Waals surface area contributed by atoms with E-state index in [0.717, 1.165) is 24.3 Å². The molecular formula is C19H12ClF6N5O2S2. The molecule has 0 atom stereocenters. The van der Waals surface area contributed by atoms with E-state index in [9.17, 15) is 34.8 Å². The Morgan fingerprint density at radius 1 is 0.857 bits per heavy atom. The van der Waals surface area contributed by atoms with Gasteiger partial charge in [-0.1, -0.05) is 23.4 Å². The highest BCUT2D eigenvalue weighted by Gasteiger charge is 2.45. The van der Waals surface area contributed by atoms with E-state index >= 15 is 0 Å². The summed E-state index contributed by atoms with van der Waals surface area (Å²) in [4.78, 5) is 1.22. The number of hydrogen-bond acceptors (Lipinski definition) is 5. The van der Waals surface area contributed by atoms with Gasteiger partial charge in [-0.25, -0.2) is 0 Å². The van der Waals surface area contributed by atoms with Crippen molar-refractivity contribution >= 4 is 44.2 Å². The summed E-state index contributed by atoms with van der Waals surface area (Å²) in [5, 5.41) is 5.90. The van der Waals surface area contributed by atoms with Crippen LogP contribution in [0, 0.1) is 0 Å². The molecule has 0 aliphatic carbocycles. The number of amidine groups is 1. The van der Waals surface area contributed by atoms with E-state index in [1.54, 1.807) is 29.2 Å². The molecule has 16 heteroatoms. The third-order valence-electron chi connectivity index (χ3n) is 4.68. The van der Waals surface area contributed by atoms with Crippen LogP contribution in [0.4, 0.5) is 32.0 Å². The van der Waals surface area contributed by atoms with Gasteiger partial charge in [-0.15, -0.1) is 14.6 Å². The minimum Gasteiger partial charge on any atom is -0.319 e. The number of rotatable bonds is 4. The number of thioether (sulfide) groups is 1. The van der Waals surface area contributed by atoms with Crippen LogP contribution < -0.4 is 4.90 Å².